The first-order valence-corrected chi connectivity index (χ1v) is 28.3. The van der Waals surface area contributed by atoms with Gasteiger partial charge in [0.05, 0.1) is 85.9 Å². The molecule has 0 atom stereocenters. The Morgan fingerprint density at radius 2 is 0.651 bits per heavy atom. The van der Waals surface area contributed by atoms with E-state index in [4.69, 9.17) is 116 Å². The largest absolute Gasteiger partial charge is 0.481 e. The maximum absolute atomic E-state index is 10.8. The van der Waals surface area contributed by atoms with E-state index in [1.807, 2.05) is 44.2 Å². The lowest BCUT2D eigenvalue weighted by molar-refractivity contribution is -0.288. The first kappa shape index (κ1) is 77.4. The Kier molecular flexibility index (Phi) is 38.1. The molecule has 0 saturated carbocycles. The van der Waals surface area contributed by atoms with E-state index in [2.05, 4.69) is 13.8 Å². The molecule has 0 spiro atoms. The SMILES string of the molecule is CC(C)CCOCC1(CC(=O)O)OCCO1.CCOCC1(CC(=O)O)OCCCO1.CCOCC1(CC(=O)O)OCCO1.COCC1(CC(=O)O)OCCCO1.COCC1(CC(=O)O)OCCO1.O=C(O)CC1(COCc2ccccc2)OCCO1. The van der Waals surface area contributed by atoms with Crippen LogP contribution in [0.15, 0.2) is 30.3 Å². The topological polar surface area (TPSA) is 390 Å². The van der Waals surface area contributed by atoms with Gasteiger partial charge in [-0.2, -0.15) is 0 Å². The molecular formula is C56H92O30. The fraction of sp³-hybridized carbons (Fsp3) is 0.786. The highest BCUT2D eigenvalue weighted by Crippen LogP contribution is 2.28. The van der Waals surface area contributed by atoms with Gasteiger partial charge in [0.2, 0.25) is 34.7 Å². The van der Waals surface area contributed by atoms with Crippen molar-refractivity contribution in [1.82, 2.24) is 0 Å². The van der Waals surface area contributed by atoms with E-state index < -0.39 is 70.5 Å². The minimum absolute atomic E-state index is 0.119. The zero-order chi connectivity index (χ0) is 63.8. The second-order valence-corrected chi connectivity index (χ2v) is 20.1. The van der Waals surface area contributed by atoms with E-state index in [0.717, 1.165) is 24.8 Å². The minimum atomic E-state index is -1.12. The summed E-state index contributed by atoms with van der Waals surface area (Å²) in [4.78, 5) is 63.5. The van der Waals surface area contributed by atoms with Crippen LogP contribution < -0.4 is 0 Å². The second-order valence-electron chi connectivity index (χ2n) is 20.1. The molecule has 86 heavy (non-hydrogen) atoms. The molecule has 0 radical (unpaired) electrons. The highest BCUT2D eigenvalue weighted by Gasteiger charge is 2.43. The Labute approximate surface area is 500 Å². The van der Waals surface area contributed by atoms with Gasteiger partial charge in [-0.1, -0.05) is 44.2 Å². The average Bonchev–Trinajstić information content (AvgIpc) is 4.45. The predicted molar refractivity (Wildman–Crippen MR) is 294 cm³/mol. The summed E-state index contributed by atoms with van der Waals surface area (Å²) in [5.74, 6) is -11.5. The summed E-state index contributed by atoms with van der Waals surface area (Å²) in [5, 5.41) is 52.1. The Morgan fingerprint density at radius 1 is 0.395 bits per heavy atom. The fourth-order valence-corrected chi connectivity index (χ4v) is 8.42. The molecule has 1 aromatic rings. The van der Waals surface area contributed by atoms with Gasteiger partial charge in [-0.05, 0) is 44.6 Å². The van der Waals surface area contributed by atoms with E-state index in [1.54, 1.807) is 0 Å². The summed E-state index contributed by atoms with van der Waals surface area (Å²) >= 11 is 0. The molecule has 30 nitrogen and oxygen atoms in total. The molecule has 30 heteroatoms. The third-order valence-electron chi connectivity index (χ3n) is 12.2. The molecule has 0 aliphatic carbocycles. The van der Waals surface area contributed by atoms with Gasteiger partial charge in [0.25, 0.3) is 0 Å². The summed E-state index contributed by atoms with van der Waals surface area (Å²) < 4.78 is 94.3. The van der Waals surface area contributed by atoms with Crippen molar-refractivity contribution in [2.45, 2.75) is 127 Å². The Hall–Kier alpha value is -4.68. The summed E-state index contributed by atoms with van der Waals surface area (Å²) in [7, 11) is 2.97. The molecule has 6 heterocycles. The number of benzene rings is 1. The number of hydrogen-bond acceptors (Lipinski definition) is 24. The van der Waals surface area contributed by atoms with Crippen molar-refractivity contribution in [3.05, 3.63) is 35.9 Å². The minimum Gasteiger partial charge on any atom is -0.481 e. The molecular weight excluding hydrogens is 1150 g/mol. The highest BCUT2D eigenvalue weighted by atomic mass is 16.8. The van der Waals surface area contributed by atoms with Crippen LogP contribution in [0.4, 0.5) is 0 Å². The molecule has 6 aliphatic rings. The van der Waals surface area contributed by atoms with Gasteiger partial charge in [-0.3, -0.25) is 28.8 Å². The van der Waals surface area contributed by atoms with Crippen molar-refractivity contribution in [3.8, 4) is 0 Å². The molecule has 0 aromatic heterocycles. The summed E-state index contributed by atoms with van der Waals surface area (Å²) in [6.45, 7) is 16.4. The Morgan fingerprint density at radius 3 is 0.907 bits per heavy atom. The predicted octanol–water partition coefficient (Wildman–Crippen LogP) is 3.65. The lowest BCUT2D eigenvalue weighted by Crippen LogP contribution is -2.46. The quantitative estimate of drug-likeness (QED) is 0.0578. The number of hydrogen-bond donors (Lipinski definition) is 6. The molecule has 7 rings (SSSR count). The van der Waals surface area contributed by atoms with Crippen LogP contribution in [0.5, 0.6) is 0 Å². The summed E-state index contributed by atoms with van der Waals surface area (Å²) in [6.07, 6.45) is 1.46. The van der Waals surface area contributed by atoms with Crippen molar-refractivity contribution in [2.24, 2.45) is 5.92 Å². The Balaban J connectivity index is 0.000000354. The number of carboxylic acids is 6. The van der Waals surface area contributed by atoms with E-state index >= 15 is 0 Å². The van der Waals surface area contributed by atoms with Crippen LogP contribution in [0.1, 0.15) is 91.0 Å². The zero-order valence-electron chi connectivity index (χ0n) is 50.4. The molecule has 6 N–H and O–H groups in total. The molecule has 0 unspecified atom stereocenters. The van der Waals surface area contributed by atoms with Crippen molar-refractivity contribution >= 4 is 35.8 Å². The monoisotopic (exact) mass is 1240 g/mol. The van der Waals surface area contributed by atoms with E-state index in [0.29, 0.717) is 112 Å². The Bertz CT molecular complexity index is 2020. The van der Waals surface area contributed by atoms with Crippen LogP contribution in [0.25, 0.3) is 0 Å². The van der Waals surface area contributed by atoms with Crippen LogP contribution in [0.3, 0.4) is 0 Å². The molecule has 6 fully saturated rings. The van der Waals surface area contributed by atoms with Gasteiger partial charge in [-0.25, -0.2) is 0 Å². The normalized spacial score (nSPS) is 19.9. The standard InChI is InChI=1S/C13H16O5.C11H20O5.C9H16O5.2C8H14O5.C7H12O5/c14-12(15)8-13(17-6-7-18-13)10-16-9-11-4-2-1-3-5-11;1-9(2)3-4-14-8-11(7-10(12)13)15-5-6-16-11;1-2-12-7-9(6-8(10)11)13-4-3-5-14-9;1-11-6-8(5-7(9)10)12-3-2-4-13-8;1-2-11-6-8(5-7(9)10)12-3-4-13-8;1-10-5-7(4-6(8)9)11-2-3-12-7/h1-5H,6-10H2,(H,14,15);9H,3-8H2,1-2H3,(H,12,13);2-7H2,1H3,(H,10,11);2*2-6H2,1H3,(H,9,10);2-5H2,1H3,(H,8,9). The number of aliphatic carboxylic acids is 6. The van der Waals surface area contributed by atoms with Gasteiger partial charge in [-0.15, -0.1) is 0 Å². The summed E-state index contributed by atoms with van der Waals surface area (Å²) in [6, 6.07) is 9.67. The smallest absolute Gasteiger partial charge is 0.308 e. The maximum Gasteiger partial charge on any atom is 0.308 e. The van der Waals surface area contributed by atoms with Crippen LogP contribution >= 0.6 is 0 Å². The number of rotatable bonds is 31. The van der Waals surface area contributed by atoms with Gasteiger partial charge >= 0.3 is 35.8 Å². The molecule has 496 valence electrons. The van der Waals surface area contributed by atoms with Crippen molar-refractivity contribution in [1.29, 1.82) is 0 Å². The second kappa shape index (κ2) is 42.3. The van der Waals surface area contributed by atoms with Crippen LogP contribution in [-0.2, 0) is 121 Å². The molecule has 0 amide bonds. The van der Waals surface area contributed by atoms with E-state index in [9.17, 15) is 28.8 Å². The van der Waals surface area contributed by atoms with Gasteiger partial charge in [0, 0.05) is 34.0 Å². The third-order valence-corrected chi connectivity index (χ3v) is 12.2. The van der Waals surface area contributed by atoms with Crippen LogP contribution in [0.2, 0.25) is 0 Å². The van der Waals surface area contributed by atoms with Crippen molar-refractivity contribution < 1.29 is 145 Å². The molecule has 6 aliphatic heterocycles. The van der Waals surface area contributed by atoms with Gasteiger partial charge in [0.1, 0.15) is 78.2 Å². The highest BCUT2D eigenvalue weighted by molar-refractivity contribution is 5.69. The average molecular weight is 1250 g/mol. The number of methoxy groups -OCH3 is 2. The van der Waals surface area contributed by atoms with Crippen molar-refractivity contribution in [2.75, 3.05) is 153 Å². The fourth-order valence-electron chi connectivity index (χ4n) is 8.42. The van der Waals surface area contributed by atoms with Crippen LogP contribution in [-0.4, -0.2) is 254 Å². The number of ether oxygens (including phenoxy) is 18. The first-order chi connectivity index (χ1) is 41.0. The lowest BCUT2D eigenvalue weighted by atomic mass is 10.1. The number of carbonyl (C=O) groups is 6. The molecule has 1 aromatic carbocycles. The lowest BCUT2D eigenvalue weighted by Gasteiger charge is -2.35. The molecule has 0 bridgehead atoms. The van der Waals surface area contributed by atoms with Gasteiger partial charge < -0.3 is 116 Å². The maximum atomic E-state index is 10.8. The number of carboxylic acid groups (broad SMARTS) is 6. The van der Waals surface area contributed by atoms with E-state index in [1.165, 1.54) is 14.2 Å². The third kappa shape index (κ3) is 32.5. The van der Waals surface area contributed by atoms with Crippen LogP contribution in [0, 0.1) is 5.92 Å². The van der Waals surface area contributed by atoms with Gasteiger partial charge in [0.15, 0.2) is 0 Å². The van der Waals surface area contributed by atoms with E-state index in [-0.39, 0.29) is 78.2 Å². The first-order valence-electron chi connectivity index (χ1n) is 28.3. The van der Waals surface area contributed by atoms with Crippen molar-refractivity contribution in [3.63, 3.8) is 0 Å². The summed E-state index contributed by atoms with van der Waals surface area (Å²) in [5.41, 5.74) is 1.03. The zero-order valence-corrected chi connectivity index (χ0v) is 50.4. The molecule has 6 saturated heterocycles.